The Morgan fingerprint density at radius 1 is 1.29 bits per heavy atom. The molecule has 0 fully saturated rings. The van der Waals surface area contributed by atoms with Crippen molar-refractivity contribution >= 4 is 16.0 Å². The van der Waals surface area contributed by atoms with Crippen LogP contribution in [0.25, 0.3) is 0 Å². The molecule has 0 saturated heterocycles. The topological polar surface area (TPSA) is 72.5 Å². The molecule has 17 heavy (non-hydrogen) atoms. The third-order valence-electron chi connectivity index (χ3n) is 2.14. The highest BCUT2D eigenvalue weighted by atomic mass is 32.2. The van der Waals surface area contributed by atoms with Crippen LogP contribution in [0.1, 0.15) is 11.1 Å². The van der Waals surface area contributed by atoms with Gasteiger partial charge >= 0.3 is 5.97 Å². The van der Waals surface area contributed by atoms with Gasteiger partial charge in [0.2, 0.25) is 10.0 Å². The molecule has 0 radical (unpaired) electrons. The summed E-state index contributed by atoms with van der Waals surface area (Å²) >= 11 is 0. The van der Waals surface area contributed by atoms with Crippen molar-refractivity contribution in [2.24, 2.45) is 0 Å². The molecule has 0 aliphatic rings. The molecule has 0 unspecified atom stereocenters. The fourth-order valence-corrected chi connectivity index (χ4v) is 2.27. The molecule has 0 amide bonds. The van der Waals surface area contributed by atoms with Crippen LogP contribution >= 0.6 is 0 Å². The van der Waals surface area contributed by atoms with Crippen molar-refractivity contribution in [3.8, 4) is 0 Å². The lowest BCUT2D eigenvalue weighted by atomic mass is 10.2. The molecular formula is C11H15NO4S. The molecular weight excluding hydrogens is 242 g/mol. The Labute approximate surface area is 101 Å². The molecule has 0 bridgehead atoms. The molecule has 0 heterocycles. The number of aryl methyl sites for hydroxylation is 1. The maximum atomic E-state index is 11.6. The van der Waals surface area contributed by atoms with Gasteiger partial charge in [0, 0.05) is 0 Å². The average Bonchev–Trinajstić information content (AvgIpc) is 2.29. The molecule has 0 saturated carbocycles. The summed E-state index contributed by atoms with van der Waals surface area (Å²) < 4.78 is 29.7. The van der Waals surface area contributed by atoms with Crippen molar-refractivity contribution in [1.29, 1.82) is 0 Å². The summed E-state index contributed by atoms with van der Waals surface area (Å²) in [7, 11) is -2.30. The summed E-state index contributed by atoms with van der Waals surface area (Å²) in [6.07, 6.45) is 0. The average molecular weight is 257 g/mol. The second kappa shape index (κ2) is 5.79. The van der Waals surface area contributed by atoms with E-state index in [2.05, 4.69) is 9.46 Å². The third-order valence-corrected chi connectivity index (χ3v) is 3.44. The molecule has 94 valence electrons. The molecule has 0 aliphatic heterocycles. The first-order valence-corrected chi connectivity index (χ1v) is 6.68. The van der Waals surface area contributed by atoms with Crippen LogP contribution in [0.5, 0.6) is 0 Å². The number of hydrogen-bond donors (Lipinski definition) is 1. The highest BCUT2D eigenvalue weighted by Crippen LogP contribution is 2.06. The lowest BCUT2D eigenvalue weighted by Gasteiger charge is -2.06. The minimum absolute atomic E-state index is 0.149. The van der Waals surface area contributed by atoms with E-state index in [0.717, 1.165) is 5.56 Å². The Morgan fingerprint density at radius 3 is 2.41 bits per heavy atom. The van der Waals surface area contributed by atoms with Gasteiger partial charge in [0.05, 0.1) is 12.9 Å². The number of hydrogen-bond acceptors (Lipinski definition) is 4. The molecule has 6 heteroatoms. The van der Waals surface area contributed by atoms with Crippen molar-refractivity contribution in [3.05, 3.63) is 35.4 Å². The molecule has 0 atom stereocenters. The first kappa shape index (κ1) is 13.7. The Morgan fingerprint density at radius 2 is 1.88 bits per heavy atom. The molecule has 1 aromatic carbocycles. The zero-order chi connectivity index (χ0) is 12.9. The van der Waals surface area contributed by atoms with E-state index < -0.39 is 16.0 Å². The van der Waals surface area contributed by atoms with Crippen LogP contribution in [0.2, 0.25) is 0 Å². The van der Waals surface area contributed by atoms with Crippen LogP contribution in [0.15, 0.2) is 24.3 Å². The van der Waals surface area contributed by atoms with Crippen molar-refractivity contribution in [3.63, 3.8) is 0 Å². The van der Waals surface area contributed by atoms with Gasteiger partial charge in [-0.2, -0.15) is 0 Å². The quantitative estimate of drug-likeness (QED) is 0.783. The summed E-state index contributed by atoms with van der Waals surface area (Å²) in [5.41, 5.74) is 1.74. The maximum Gasteiger partial charge on any atom is 0.320 e. The van der Waals surface area contributed by atoms with Crippen LogP contribution < -0.4 is 4.72 Å². The van der Waals surface area contributed by atoms with Crippen LogP contribution in [0.3, 0.4) is 0 Å². The lowest BCUT2D eigenvalue weighted by molar-refractivity contribution is -0.139. The van der Waals surface area contributed by atoms with Gasteiger partial charge in [-0.25, -0.2) is 13.1 Å². The van der Waals surface area contributed by atoms with Gasteiger partial charge in [-0.05, 0) is 12.5 Å². The predicted octanol–water partition coefficient (Wildman–Crippen LogP) is 0.587. The van der Waals surface area contributed by atoms with E-state index in [4.69, 9.17) is 0 Å². The number of esters is 1. The summed E-state index contributed by atoms with van der Waals surface area (Å²) in [5.74, 6) is -0.762. The SMILES string of the molecule is COC(=O)CNS(=O)(=O)Cc1ccc(C)cc1. The number of methoxy groups -OCH3 is 1. The molecule has 1 N–H and O–H groups in total. The second-order valence-corrected chi connectivity index (χ2v) is 5.45. The van der Waals surface area contributed by atoms with Crippen molar-refractivity contribution < 1.29 is 17.9 Å². The third kappa shape index (κ3) is 4.97. The lowest BCUT2D eigenvalue weighted by Crippen LogP contribution is -2.31. The number of ether oxygens (including phenoxy) is 1. The molecule has 1 rings (SSSR count). The van der Waals surface area contributed by atoms with E-state index in [0.29, 0.717) is 5.56 Å². The normalized spacial score (nSPS) is 11.2. The van der Waals surface area contributed by atoms with Gasteiger partial charge in [0.25, 0.3) is 0 Å². The Balaban J connectivity index is 2.60. The van der Waals surface area contributed by atoms with Crippen LogP contribution in [0.4, 0.5) is 0 Å². The summed E-state index contributed by atoms with van der Waals surface area (Å²) in [5, 5.41) is 0. The zero-order valence-electron chi connectivity index (χ0n) is 9.76. The van der Waals surface area contributed by atoms with Gasteiger partial charge in [-0.15, -0.1) is 0 Å². The van der Waals surface area contributed by atoms with Crippen molar-refractivity contribution in [2.45, 2.75) is 12.7 Å². The number of nitrogens with one attached hydrogen (secondary N) is 1. The highest BCUT2D eigenvalue weighted by molar-refractivity contribution is 7.88. The zero-order valence-corrected chi connectivity index (χ0v) is 10.6. The first-order chi connectivity index (χ1) is 7.93. The Bertz CT molecular complexity index is 479. The van der Waals surface area contributed by atoms with Gasteiger partial charge in [-0.1, -0.05) is 29.8 Å². The van der Waals surface area contributed by atoms with Gasteiger partial charge in [-0.3, -0.25) is 4.79 Å². The molecule has 1 aromatic rings. The number of rotatable bonds is 5. The fourth-order valence-electron chi connectivity index (χ4n) is 1.20. The number of sulfonamides is 1. The minimum Gasteiger partial charge on any atom is -0.468 e. The maximum absolute atomic E-state index is 11.6. The van der Waals surface area contributed by atoms with E-state index >= 15 is 0 Å². The minimum atomic E-state index is -3.50. The van der Waals surface area contributed by atoms with Crippen LogP contribution in [0, 0.1) is 6.92 Å². The Kier molecular flexibility index (Phi) is 4.65. The molecule has 0 aromatic heterocycles. The highest BCUT2D eigenvalue weighted by Gasteiger charge is 2.13. The predicted molar refractivity (Wildman–Crippen MR) is 63.8 cm³/mol. The van der Waals surface area contributed by atoms with E-state index in [1.54, 1.807) is 12.1 Å². The number of carbonyl (C=O) groups excluding carboxylic acids is 1. The summed E-state index contributed by atoms with van der Waals surface area (Å²) in [6, 6.07) is 7.16. The van der Waals surface area contributed by atoms with E-state index in [9.17, 15) is 13.2 Å². The monoisotopic (exact) mass is 257 g/mol. The van der Waals surface area contributed by atoms with Gasteiger partial charge in [0.15, 0.2) is 0 Å². The smallest absolute Gasteiger partial charge is 0.320 e. The summed E-state index contributed by atoms with van der Waals surface area (Å²) in [6.45, 7) is 1.58. The van der Waals surface area contributed by atoms with Gasteiger partial charge < -0.3 is 4.74 Å². The van der Waals surface area contributed by atoms with Crippen molar-refractivity contribution in [1.82, 2.24) is 4.72 Å². The van der Waals surface area contributed by atoms with E-state index in [1.165, 1.54) is 7.11 Å². The second-order valence-electron chi connectivity index (χ2n) is 3.64. The fraction of sp³-hybridized carbons (Fsp3) is 0.364. The van der Waals surface area contributed by atoms with E-state index in [1.807, 2.05) is 19.1 Å². The van der Waals surface area contributed by atoms with Crippen LogP contribution in [-0.4, -0.2) is 28.0 Å². The van der Waals surface area contributed by atoms with Gasteiger partial charge in [0.1, 0.15) is 6.54 Å². The standard InChI is InChI=1S/C11H15NO4S/c1-9-3-5-10(6-4-9)8-17(14,15)12-7-11(13)16-2/h3-6,12H,7-8H2,1-2H3. The van der Waals surface area contributed by atoms with E-state index in [-0.39, 0.29) is 12.3 Å². The largest absolute Gasteiger partial charge is 0.468 e. The first-order valence-electron chi connectivity index (χ1n) is 5.02. The Hall–Kier alpha value is -1.40. The van der Waals surface area contributed by atoms with Crippen LogP contribution in [-0.2, 0) is 25.3 Å². The molecule has 0 spiro atoms. The molecule has 5 nitrogen and oxygen atoms in total. The van der Waals surface area contributed by atoms with Crippen molar-refractivity contribution in [2.75, 3.05) is 13.7 Å². The number of carbonyl (C=O) groups is 1. The number of benzene rings is 1. The molecule has 0 aliphatic carbocycles. The summed E-state index contributed by atoms with van der Waals surface area (Å²) in [4.78, 5) is 10.8.